The van der Waals surface area contributed by atoms with Crippen LogP contribution in [0.2, 0.25) is 0 Å². The Labute approximate surface area is 99.3 Å². The van der Waals surface area contributed by atoms with Gasteiger partial charge in [-0.2, -0.15) is 0 Å². The van der Waals surface area contributed by atoms with Crippen LogP contribution in [0.3, 0.4) is 0 Å². The average Bonchev–Trinajstić information content (AvgIpc) is 2.15. The first kappa shape index (κ1) is 11.9. The molecule has 0 radical (unpaired) electrons. The normalized spacial score (nSPS) is 43.5. The third-order valence-corrected chi connectivity index (χ3v) is 4.63. The van der Waals surface area contributed by atoms with E-state index < -0.39 is 5.60 Å². The Hall–Kier alpha value is -0.560. The van der Waals surface area contributed by atoms with Gasteiger partial charge in [-0.15, -0.1) is 0 Å². The average molecular weight is 220 g/mol. The number of hydrogen-bond acceptors (Lipinski definition) is 1. The van der Waals surface area contributed by atoms with Gasteiger partial charge in [-0.05, 0) is 62.9 Å². The predicted octanol–water partition coefficient (Wildman–Crippen LogP) is 3.84. The van der Waals surface area contributed by atoms with Gasteiger partial charge in [0, 0.05) is 0 Å². The van der Waals surface area contributed by atoms with Gasteiger partial charge in [0.05, 0.1) is 5.60 Å². The molecule has 1 heteroatoms. The first-order chi connectivity index (χ1) is 7.35. The maximum absolute atomic E-state index is 10.5. The number of fused-ring (bicyclic) bond motifs is 1. The molecule has 1 fully saturated rings. The molecule has 0 aromatic rings. The van der Waals surface area contributed by atoms with Gasteiger partial charge in [-0.25, -0.2) is 0 Å². The van der Waals surface area contributed by atoms with Crippen LogP contribution in [0, 0.1) is 11.3 Å². The van der Waals surface area contributed by atoms with Crippen molar-refractivity contribution < 1.29 is 5.11 Å². The third kappa shape index (κ3) is 1.86. The number of rotatable bonds is 1. The van der Waals surface area contributed by atoms with Crippen molar-refractivity contribution in [2.24, 2.45) is 11.3 Å². The van der Waals surface area contributed by atoms with E-state index in [0.29, 0.717) is 5.92 Å². The lowest BCUT2D eigenvalue weighted by molar-refractivity contribution is 0.0263. The summed E-state index contributed by atoms with van der Waals surface area (Å²) in [6.07, 6.45) is 8.01. The second-order valence-electron chi connectivity index (χ2n) is 6.26. The molecule has 0 aromatic carbocycles. The molecular formula is C15H24O. The Morgan fingerprint density at radius 2 is 2.06 bits per heavy atom. The summed E-state index contributed by atoms with van der Waals surface area (Å²) in [4.78, 5) is 0. The maximum Gasteiger partial charge on any atom is 0.0834 e. The highest BCUT2D eigenvalue weighted by molar-refractivity contribution is 5.31. The molecule has 1 N–H and O–H groups in total. The smallest absolute Gasteiger partial charge is 0.0834 e. The van der Waals surface area contributed by atoms with E-state index in [2.05, 4.69) is 26.5 Å². The number of allylic oxidation sites excluding steroid dienone is 2. The molecule has 3 unspecified atom stereocenters. The fraction of sp³-hybridized carbons (Fsp3) is 0.733. The zero-order valence-electron chi connectivity index (χ0n) is 10.8. The first-order valence-electron chi connectivity index (χ1n) is 6.46. The van der Waals surface area contributed by atoms with E-state index in [1.807, 2.05) is 6.92 Å². The van der Waals surface area contributed by atoms with Crippen LogP contribution in [0.5, 0.6) is 0 Å². The maximum atomic E-state index is 10.5. The van der Waals surface area contributed by atoms with Crippen molar-refractivity contribution in [3.05, 3.63) is 23.8 Å². The van der Waals surface area contributed by atoms with Gasteiger partial charge in [0.25, 0.3) is 0 Å². The molecule has 2 aliphatic rings. The van der Waals surface area contributed by atoms with Crippen LogP contribution in [0.25, 0.3) is 0 Å². The minimum absolute atomic E-state index is 0.244. The van der Waals surface area contributed by atoms with Gasteiger partial charge in [-0.1, -0.05) is 25.2 Å². The van der Waals surface area contributed by atoms with Crippen molar-refractivity contribution in [1.82, 2.24) is 0 Å². The second-order valence-corrected chi connectivity index (χ2v) is 6.26. The molecule has 2 aliphatic carbocycles. The lowest BCUT2D eigenvalue weighted by Crippen LogP contribution is -2.43. The van der Waals surface area contributed by atoms with Gasteiger partial charge in [-0.3, -0.25) is 0 Å². The summed E-state index contributed by atoms with van der Waals surface area (Å²) in [5.74, 6) is 0.479. The summed E-state index contributed by atoms with van der Waals surface area (Å²) in [7, 11) is 0. The summed E-state index contributed by atoms with van der Waals surface area (Å²) >= 11 is 0. The Balaban J connectivity index is 2.38. The van der Waals surface area contributed by atoms with Crippen LogP contribution >= 0.6 is 0 Å². The van der Waals surface area contributed by atoms with Crippen molar-refractivity contribution in [3.8, 4) is 0 Å². The van der Waals surface area contributed by atoms with Crippen LogP contribution in [0.15, 0.2) is 23.8 Å². The summed E-state index contributed by atoms with van der Waals surface area (Å²) in [6.45, 7) is 10.5. The number of hydrogen-bond donors (Lipinski definition) is 1. The van der Waals surface area contributed by atoms with Crippen LogP contribution in [0.4, 0.5) is 0 Å². The fourth-order valence-corrected chi connectivity index (χ4v) is 3.53. The molecule has 90 valence electrons. The van der Waals surface area contributed by atoms with E-state index in [1.54, 1.807) is 0 Å². The zero-order chi connectivity index (χ0) is 12.0. The molecule has 1 saturated carbocycles. The molecule has 0 spiro atoms. The molecule has 16 heavy (non-hydrogen) atoms. The highest BCUT2D eigenvalue weighted by Gasteiger charge is 2.45. The zero-order valence-corrected chi connectivity index (χ0v) is 10.8. The van der Waals surface area contributed by atoms with Gasteiger partial charge in [0.1, 0.15) is 0 Å². The van der Waals surface area contributed by atoms with E-state index >= 15 is 0 Å². The lowest BCUT2D eigenvalue weighted by Gasteiger charge is -2.48. The SMILES string of the molecule is C=C(C)C1C=C2C(C)(O)CCCC2(C)CC1. The molecule has 0 saturated heterocycles. The van der Waals surface area contributed by atoms with E-state index in [-0.39, 0.29) is 5.41 Å². The molecule has 0 aliphatic heterocycles. The van der Waals surface area contributed by atoms with E-state index in [4.69, 9.17) is 0 Å². The second kappa shape index (κ2) is 3.73. The highest BCUT2D eigenvalue weighted by Crippen LogP contribution is 2.52. The summed E-state index contributed by atoms with van der Waals surface area (Å²) < 4.78 is 0. The largest absolute Gasteiger partial charge is 0.386 e. The molecule has 0 aromatic heterocycles. The van der Waals surface area contributed by atoms with E-state index in [1.165, 1.54) is 30.4 Å². The van der Waals surface area contributed by atoms with Crippen molar-refractivity contribution in [2.45, 2.75) is 58.5 Å². The summed E-state index contributed by atoms with van der Waals surface area (Å²) in [6, 6.07) is 0. The minimum Gasteiger partial charge on any atom is -0.386 e. The van der Waals surface area contributed by atoms with Crippen molar-refractivity contribution >= 4 is 0 Å². The van der Waals surface area contributed by atoms with Crippen LogP contribution in [-0.4, -0.2) is 10.7 Å². The van der Waals surface area contributed by atoms with E-state index in [9.17, 15) is 5.11 Å². The number of aliphatic hydroxyl groups is 1. The molecular weight excluding hydrogens is 196 g/mol. The van der Waals surface area contributed by atoms with Gasteiger partial charge < -0.3 is 5.11 Å². The van der Waals surface area contributed by atoms with E-state index in [0.717, 1.165) is 12.8 Å². The minimum atomic E-state index is -0.582. The Morgan fingerprint density at radius 3 is 2.69 bits per heavy atom. The molecule has 0 bridgehead atoms. The Morgan fingerprint density at radius 1 is 1.38 bits per heavy atom. The van der Waals surface area contributed by atoms with Gasteiger partial charge in [0.2, 0.25) is 0 Å². The quantitative estimate of drug-likeness (QED) is 0.666. The molecule has 0 heterocycles. The third-order valence-electron chi connectivity index (χ3n) is 4.63. The Kier molecular flexibility index (Phi) is 2.78. The predicted molar refractivity (Wildman–Crippen MR) is 68.2 cm³/mol. The molecule has 1 nitrogen and oxygen atoms in total. The van der Waals surface area contributed by atoms with Crippen LogP contribution < -0.4 is 0 Å². The molecule has 3 atom stereocenters. The lowest BCUT2D eigenvalue weighted by atomic mass is 9.59. The standard InChI is InChI=1S/C15H24O/c1-11(2)12-6-9-14(3)7-5-8-15(4,16)13(14)10-12/h10,12,16H,1,5-9H2,2-4H3. The monoisotopic (exact) mass is 220 g/mol. The van der Waals surface area contributed by atoms with Crippen molar-refractivity contribution in [3.63, 3.8) is 0 Å². The first-order valence-corrected chi connectivity index (χ1v) is 6.46. The highest BCUT2D eigenvalue weighted by atomic mass is 16.3. The fourth-order valence-electron chi connectivity index (χ4n) is 3.53. The summed E-state index contributed by atoms with van der Waals surface area (Å²) in [5, 5.41) is 10.5. The molecule has 0 amide bonds. The van der Waals surface area contributed by atoms with Crippen LogP contribution in [0.1, 0.15) is 52.9 Å². The van der Waals surface area contributed by atoms with Gasteiger partial charge in [0.15, 0.2) is 0 Å². The van der Waals surface area contributed by atoms with Crippen molar-refractivity contribution in [1.29, 1.82) is 0 Å². The van der Waals surface area contributed by atoms with Crippen molar-refractivity contribution in [2.75, 3.05) is 0 Å². The Bertz CT molecular complexity index is 337. The molecule has 2 rings (SSSR count). The van der Waals surface area contributed by atoms with Gasteiger partial charge >= 0.3 is 0 Å². The van der Waals surface area contributed by atoms with Crippen LogP contribution in [-0.2, 0) is 0 Å². The topological polar surface area (TPSA) is 20.2 Å². The summed E-state index contributed by atoms with van der Waals surface area (Å²) in [5.41, 5.74) is 2.18.